The van der Waals surface area contributed by atoms with Gasteiger partial charge >= 0.3 is 0 Å². The number of fused-ring (bicyclic) bond motifs is 1. The zero-order valence-corrected chi connectivity index (χ0v) is 10.2. The first-order valence-electron chi connectivity index (χ1n) is 5.25. The summed E-state index contributed by atoms with van der Waals surface area (Å²) in [6.45, 7) is 0. The van der Waals surface area contributed by atoms with Crippen molar-refractivity contribution in [2.75, 3.05) is 0 Å². The fourth-order valence-electron chi connectivity index (χ4n) is 1.75. The summed E-state index contributed by atoms with van der Waals surface area (Å²) >= 11 is 5.90. The van der Waals surface area contributed by atoms with Crippen molar-refractivity contribution in [2.45, 2.75) is 0 Å². The molecule has 3 rings (SSSR count). The Bertz CT molecular complexity index is 786. The van der Waals surface area contributed by atoms with Crippen LogP contribution < -0.4 is 0 Å². The number of imidazole rings is 1. The molecule has 0 N–H and O–H groups in total. The van der Waals surface area contributed by atoms with Crippen molar-refractivity contribution in [3.8, 4) is 5.69 Å². The fourth-order valence-corrected chi connectivity index (χ4v) is 1.93. The van der Waals surface area contributed by atoms with Crippen molar-refractivity contribution < 1.29 is 4.92 Å². The van der Waals surface area contributed by atoms with Gasteiger partial charge < -0.3 is 0 Å². The third-order valence-electron chi connectivity index (χ3n) is 2.61. The molecule has 0 fully saturated rings. The van der Waals surface area contributed by atoms with Crippen molar-refractivity contribution in [1.82, 2.24) is 19.5 Å². The number of benzene rings is 1. The Hall–Kier alpha value is -2.54. The summed E-state index contributed by atoms with van der Waals surface area (Å²) in [6, 6.07) is 6.19. The van der Waals surface area contributed by atoms with Crippen molar-refractivity contribution in [3.05, 3.63) is 52.2 Å². The van der Waals surface area contributed by atoms with Crippen LogP contribution in [-0.4, -0.2) is 24.4 Å². The monoisotopic (exact) mass is 275 g/mol. The SMILES string of the molecule is O=[N+]([O-])c1cccc(-n2cnc3c(Cl)ncnc32)c1. The molecule has 2 aromatic heterocycles. The zero-order chi connectivity index (χ0) is 13.4. The molecule has 0 radical (unpaired) electrons. The normalized spacial score (nSPS) is 10.8. The summed E-state index contributed by atoms with van der Waals surface area (Å²) in [7, 11) is 0. The molecular weight excluding hydrogens is 270 g/mol. The Morgan fingerprint density at radius 1 is 1.26 bits per heavy atom. The van der Waals surface area contributed by atoms with E-state index in [0.717, 1.165) is 0 Å². The van der Waals surface area contributed by atoms with Gasteiger partial charge in [-0.2, -0.15) is 0 Å². The van der Waals surface area contributed by atoms with Crippen LogP contribution in [0.3, 0.4) is 0 Å². The molecule has 7 nitrogen and oxygen atoms in total. The van der Waals surface area contributed by atoms with Gasteiger partial charge in [-0.25, -0.2) is 15.0 Å². The van der Waals surface area contributed by atoms with Crippen molar-refractivity contribution in [3.63, 3.8) is 0 Å². The summed E-state index contributed by atoms with van der Waals surface area (Å²) in [5, 5.41) is 11.0. The highest BCUT2D eigenvalue weighted by molar-refractivity contribution is 6.33. The van der Waals surface area contributed by atoms with Gasteiger partial charge in [-0.05, 0) is 6.07 Å². The first kappa shape index (κ1) is 11.5. The Morgan fingerprint density at radius 3 is 2.89 bits per heavy atom. The van der Waals surface area contributed by atoms with E-state index in [9.17, 15) is 10.1 Å². The van der Waals surface area contributed by atoms with Crippen LogP contribution in [0, 0.1) is 10.1 Å². The Morgan fingerprint density at radius 2 is 2.11 bits per heavy atom. The quantitative estimate of drug-likeness (QED) is 0.407. The molecule has 1 aromatic carbocycles. The molecule has 0 atom stereocenters. The van der Waals surface area contributed by atoms with Gasteiger partial charge in [0.05, 0.1) is 10.6 Å². The summed E-state index contributed by atoms with van der Waals surface area (Å²) in [5.41, 5.74) is 1.54. The predicted octanol–water partition coefficient (Wildman–Crippen LogP) is 2.38. The lowest BCUT2D eigenvalue weighted by molar-refractivity contribution is -0.384. The van der Waals surface area contributed by atoms with Gasteiger partial charge in [0.2, 0.25) is 0 Å². The molecule has 0 bridgehead atoms. The smallest absolute Gasteiger partial charge is 0.271 e. The number of nitrogens with zero attached hydrogens (tertiary/aromatic N) is 5. The Balaban J connectivity index is 2.22. The number of hydrogen-bond donors (Lipinski definition) is 0. The number of rotatable bonds is 2. The molecule has 0 unspecified atom stereocenters. The topological polar surface area (TPSA) is 86.7 Å². The number of halogens is 1. The molecule has 0 amide bonds. The van der Waals surface area contributed by atoms with Crippen LogP contribution in [0.2, 0.25) is 5.15 Å². The zero-order valence-electron chi connectivity index (χ0n) is 9.39. The third-order valence-corrected chi connectivity index (χ3v) is 2.88. The molecule has 0 aliphatic carbocycles. The van der Waals surface area contributed by atoms with E-state index in [0.29, 0.717) is 16.9 Å². The molecule has 0 saturated heterocycles. The maximum absolute atomic E-state index is 10.8. The maximum Gasteiger partial charge on any atom is 0.271 e. The summed E-state index contributed by atoms with van der Waals surface area (Å²) in [6.07, 6.45) is 2.82. The molecule has 0 aliphatic rings. The van der Waals surface area contributed by atoms with Gasteiger partial charge in [0.25, 0.3) is 5.69 Å². The second kappa shape index (κ2) is 4.29. The molecule has 94 valence electrons. The van der Waals surface area contributed by atoms with Crippen LogP contribution in [0.4, 0.5) is 5.69 Å². The molecule has 0 aliphatic heterocycles. The summed E-state index contributed by atoms with van der Waals surface area (Å²) in [5.74, 6) is 0. The minimum absolute atomic E-state index is 0.000460. The van der Waals surface area contributed by atoms with E-state index in [1.165, 1.54) is 24.8 Å². The van der Waals surface area contributed by atoms with E-state index in [4.69, 9.17) is 11.6 Å². The van der Waals surface area contributed by atoms with Crippen LogP contribution in [0.1, 0.15) is 0 Å². The highest BCUT2D eigenvalue weighted by atomic mass is 35.5. The molecule has 2 heterocycles. The predicted molar refractivity (Wildman–Crippen MR) is 68.3 cm³/mol. The lowest BCUT2D eigenvalue weighted by Gasteiger charge is -2.02. The minimum Gasteiger partial charge on any atom is -0.283 e. The lowest BCUT2D eigenvalue weighted by Crippen LogP contribution is -1.96. The van der Waals surface area contributed by atoms with Crippen molar-refractivity contribution in [2.24, 2.45) is 0 Å². The van der Waals surface area contributed by atoms with Crippen LogP contribution >= 0.6 is 11.6 Å². The lowest BCUT2D eigenvalue weighted by atomic mass is 10.3. The first-order chi connectivity index (χ1) is 9.16. The molecule has 3 aromatic rings. The highest BCUT2D eigenvalue weighted by Gasteiger charge is 2.12. The van der Waals surface area contributed by atoms with E-state index < -0.39 is 4.92 Å². The van der Waals surface area contributed by atoms with Crippen LogP contribution in [0.5, 0.6) is 0 Å². The molecule has 19 heavy (non-hydrogen) atoms. The van der Waals surface area contributed by atoms with E-state index in [1.54, 1.807) is 16.7 Å². The van der Waals surface area contributed by atoms with Gasteiger partial charge in [0, 0.05) is 12.1 Å². The van der Waals surface area contributed by atoms with Gasteiger partial charge in [-0.3, -0.25) is 14.7 Å². The van der Waals surface area contributed by atoms with E-state index in [-0.39, 0.29) is 10.8 Å². The number of hydrogen-bond acceptors (Lipinski definition) is 5. The third kappa shape index (κ3) is 1.89. The number of non-ortho nitro benzene ring substituents is 1. The summed E-state index contributed by atoms with van der Waals surface area (Å²) in [4.78, 5) is 22.3. The number of aromatic nitrogens is 4. The number of nitro benzene ring substituents is 1. The molecule has 0 saturated carbocycles. The Kier molecular flexibility index (Phi) is 2.60. The minimum atomic E-state index is -0.454. The van der Waals surface area contributed by atoms with Gasteiger partial charge in [0.1, 0.15) is 18.2 Å². The molecule has 0 spiro atoms. The van der Waals surface area contributed by atoms with Gasteiger partial charge in [0.15, 0.2) is 10.8 Å². The van der Waals surface area contributed by atoms with Crippen LogP contribution in [-0.2, 0) is 0 Å². The average Bonchev–Trinajstić information content (AvgIpc) is 2.84. The van der Waals surface area contributed by atoms with Gasteiger partial charge in [-0.1, -0.05) is 17.7 Å². The van der Waals surface area contributed by atoms with Gasteiger partial charge in [-0.15, -0.1) is 0 Å². The molecule has 8 heteroatoms. The standard InChI is InChI=1S/C11H6ClN5O2/c12-10-9-11(14-5-13-10)16(6-15-9)7-2-1-3-8(4-7)17(18)19/h1-6H. The van der Waals surface area contributed by atoms with E-state index in [2.05, 4.69) is 15.0 Å². The maximum atomic E-state index is 10.8. The van der Waals surface area contributed by atoms with Crippen molar-refractivity contribution in [1.29, 1.82) is 0 Å². The highest BCUT2D eigenvalue weighted by Crippen LogP contribution is 2.22. The van der Waals surface area contributed by atoms with E-state index >= 15 is 0 Å². The second-order valence-corrected chi connectivity index (χ2v) is 4.09. The molecular formula is C11H6ClN5O2. The van der Waals surface area contributed by atoms with Crippen molar-refractivity contribution >= 4 is 28.5 Å². The van der Waals surface area contributed by atoms with E-state index in [1.807, 2.05) is 0 Å². The number of nitro groups is 1. The largest absolute Gasteiger partial charge is 0.283 e. The Labute approximate surface area is 111 Å². The van der Waals surface area contributed by atoms with Crippen LogP contribution in [0.15, 0.2) is 36.9 Å². The summed E-state index contributed by atoms with van der Waals surface area (Å²) < 4.78 is 1.62. The fraction of sp³-hybridized carbons (Fsp3) is 0. The second-order valence-electron chi connectivity index (χ2n) is 3.73. The average molecular weight is 276 g/mol. The first-order valence-corrected chi connectivity index (χ1v) is 5.63. The van der Waals surface area contributed by atoms with Crippen LogP contribution in [0.25, 0.3) is 16.9 Å².